The highest BCUT2D eigenvalue weighted by atomic mass is 35.5. The minimum atomic E-state index is -0.426. The Morgan fingerprint density at radius 1 is 1.39 bits per heavy atom. The van der Waals surface area contributed by atoms with Gasteiger partial charge in [0.05, 0.1) is 23.6 Å². The maximum Gasteiger partial charge on any atom is 0.159 e. The zero-order chi connectivity index (χ0) is 12.7. The predicted molar refractivity (Wildman–Crippen MR) is 70.0 cm³/mol. The molecular formula is C11H9Cl2FN4. The number of benzene rings is 1. The van der Waals surface area contributed by atoms with Crippen molar-refractivity contribution in [1.29, 1.82) is 0 Å². The summed E-state index contributed by atoms with van der Waals surface area (Å²) in [4.78, 5) is 4.28. The molecule has 2 heterocycles. The van der Waals surface area contributed by atoms with Crippen molar-refractivity contribution in [3.8, 4) is 0 Å². The summed E-state index contributed by atoms with van der Waals surface area (Å²) < 4.78 is 14.9. The second kappa shape index (κ2) is 4.40. The summed E-state index contributed by atoms with van der Waals surface area (Å²) in [6.45, 7) is 2.03. The van der Waals surface area contributed by atoms with Crippen molar-refractivity contribution in [1.82, 2.24) is 15.1 Å². The summed E-state index contributed by atoms with van der Waals surface area (Å²) in [5.74, 6) is 0.404. The van der Waals surface area contributed by atoms with Gasteiger partial charge >= 0.3 is 0 Å². The Bertz CT molecular complexity index is 650. The largest absolute Gasteiger partial charge is 0.370 e. The number of nitrogens with zero attached hydrogens (tertiary/aromatic N) is 3. The van der Waals surface area contributed by atoms with E-state index >= 15 is 0 Å². The SMILES string of the molecule is Fc1cc(Cl)c2c(c1)c(Cl)nn2CC1=NCCN1. The van der Waals surface area contributed by atoms with Crippen molar-refractivity contribution in [3.63, 3.8) is 0 Å². The third-order valence-corrected chi connectivity index (χ3v) is 3.33. The van der Waals surface area contributed by atoms with Gasteiger partial charge in [0.15, 0.2) is 5.15 Å². The standard InChI is InChI=1S/C11H9Cl2FN4/c12-8-4-6(14)3-7-10(8)18(17-11(7)13)5-9-15-1-2-16-9/h3-4H,1-2,5H2,(H,15,16). The van der Waals surface area contributed by atoms with Crippen molar-refractivity contribution >= 4 is 39.9 Å². The van der Waals surface area contributed by atoms with Crippen molar-refractivity contribution in [3.05, 3.63) is 28.1 Å². The number of aliphatic imine (C=N–C) groups is 1. The average Bonchev–Trinajstić information content (AvgIpc) is 2.89. The third-order valence-electron chi connectivity index (χ3n) is 2.76. The van der Waals surface area contributed by atoms with Crippen LogP contribution in [0, 0.1) is 5.82 Å². The second-order valence-corrected chi connectivity index (χ2v) is 4.75. The van der Waals surface area contributed by atoms with Crippen LogP contribution >= 0.6 is 23.2 Å². The number of fused-ring (bicyclic) bond motifs is 1. The van der Waals surface area contributed by atoms with Crippen molar-refractivity contribution < 1.29 is 4.39 Å². The number of hydrogen-bond acceptors (Lipinski definition) is 3. The Labute approximate surface area is 112 Å². The molecule has 0 radical (unpaired) electrons. The first-order chi connectivity index (χ1) is 8.65. The zero-order valence-electron chi connectivity index (χ0n) is 9.25. The molecule has 2 aromatic rings. The molecule has 1 aromatic heterocycles. The minimum absolute atomic E-state index is 0.241. The van der Waals surface area contributed by atoms with Gasteiger partial charge in [-0.15, -0.1) is 0 Å². The summed E-state index contributed by atoms with van der Waals surface area (Å²) in [5, 5.41) is 8.35. The number of halogens is 3. The summed E-state index contributed by atoms with van der Waals surface area (Å²) in [7, 11) is 0. The molecule has 0 saturated heterocycles. The Balaban J connectivity index is 2.12. The highest BCUT2D eigenvalue weighted by Gasteiger charge is 2.16. The van der Waals surface area contributed by atoms with Gasteiger partial charge in [-0.05, 0) is 12.1 Å². The van der Waals surface area contributed by atoms with Crippen LogP contribution < -0.4 is 5.32 Å². The number of amidine groups is 1. The average molecular weight is 287 g/mol. The smallest absolute Gasteiger partial charge is 0.159 e. The Kier molecular flexibility index (Phi) is 2.87. The molecule has 1 aliphatic rings. The fraction of sp³-hybridized carbons (Fsp3) is 0.273. The van der Waals surface area contributed by atoms with Gasteiger partial charge in [0, 0.05) is 11.9 Å². The normalized spacial score (nSPS) is 14.9. The van der Waals surface area contributed by atoms with E-state index in [1.807, 2.05) is 0 Å². The minimum Gasteiger partial charge on any atom is -0.370 e. The Hall–Kier alpha value is -1.33. The molecule has 1 aliphatic heterocycles. The fourth-order valence-electron chi connectivity index (χ4n) is 2.00. The van der Waals surface area contributed by atoms with Crippen LogP contribution in [0.25, 0.3) is 10.9 Å². The molecule has 7 heteroatoms. The molecule has 3 rings (SSSR count). The van der Waals surface area contributed by atoms with E-state index in [4.69, 9.17) is 23.2 Å². The number of aromatic nitrogens is 2. The second-order valence-electron chi connectivity index (χ2n) is 3.99. The van der Waals surface area contributed by atoms with Crippen molar-refractivity contribution in [2.24, 2.45) is 4.99 Å². The van der Waals surface area contributed by atoms with E-state index in [1.165, 1.54) is 12.1 Å². The number of nitrogens with one attached hydrogen (secondary N) is 1. The van der Waals surface area contributed by atoms with Crippen LogP contribution in [0.2, 0.25) is 10.2 Å². The first kappa shape index (κ1) is 11.7. The lowest BCUT2D eigenvalue weighted by atomic mass is 10.2. The van der Waals surface area contributed by atoms with E-state index < -0.39 is 5.82 Å². The molecule has 0 spiro atoms. The van der Waals surface area contributed by atoms with Gasteiger partial charge < -0.3 is 5.32 Å². The van der Waals surface area contributed by atoms with Crippen LogP contribution in [0.5, 0.6) is 0 Å². The Morgan fingerprint density at radius 3 is 2.94 bits per heavy atom. The van der Waals surface area contributed by atoms with E-state index in [9.17, 15) is 4.39 Å². The molecule has 18 heavy (non-hydrogen) atoms. The monoisotopic (exact) mass is 286 g/mol. The first-order valence-electron chi connectivity index (χ1n) is 5.43. The highest BCUT2D eigenvalue weighted by molar-refractivity contribution is 6.38. The molecule has 0 atom stereocenters. The van der Waals surface area contributed by atoms with E-state index in [0.717, 1.165) is 18.9 Å². The predicted octanol–water partition coefficient (Wildman–Crippen LogP) is 2.48. The first-order valence-corrected chi connectivity index (χ1v) is 6.19. The van der Waals surface area contributed by atoms with Gasteiger partial charge in [-0.2, -0.15) is 5.10 Å². The molecule has 0 saturated carbocycles. The lowest BCUT2D eigenvalue weighted by molar-refractivity contribution is 0.629. The molecular weight excluding hydrogens is 278 g/mol. The van der Waals surface area contributed by atoms with Gasteiger partial charge in [0.2, 0.25) is 0 Å². The topological polar surface area (TPSA) is 42.2 Å². The van der Waals surface area contributed by atoms with Crippen LogP contribution in [0.3, 0.4) is 0 Å². The van der Waals surface area contributed by atoms with Crippen molar-refractivity contribution in [2.45, 2.75) is 6.54 Å². The maximum absolute atomic E-state index is 13.3. The van der Waals surface area contributed by atoms with Gasteiger partial charge in [-0.3, -0.25) is 9.67 Å². The van der Waals surface area contributed by atoms with E-state index in [0.29, 0.717) is 22.5 Å². The van der Waals surface area contributed by atoms with Gasteiger partial charge in [0.1, 0.15) is 11.7 Å². The molecule has 94 valence electrons. The van der Waals surface area contributed by atoms with E-state index in [2.05, 4.69) is 15.4 Å². The lowest BCUT2D eigenvalue weighted by Crippen LogP contribution is -2.24. The van der Waals surface area contributed by atoms with Crippen LogP contribution in [-0.2, 0) is 6.54 Å². The Morgan fingerprint density at radius 2 is 2.22 bits per heavy atom. The van der Waals surface area contributed by atoms with Crippen LogP contribution in [0.4, 0.5) is 4.39 Å². The molecule has 0 fully saturated rings. The maximum atomic E-state index is 13.3. The molecule has 0 unspecified atom stereocenters. The van der Waals surface area contributed by atoms with Gasteiger partial charge in [-0.1, -0.05) is 23.2 Å². The molecule has 1 aromatic carbocycles. The number of rotatable bonds is 2. The number of hydrogen-bond donors (Lipinski definition) is 1. The van der Waals surface area contributed by atoms with Gasteiger partial charge in [0.25, 0.3) is 0 Å². The third kappa shape index (κ3) is 1.93. The molecule has 4 nitrogen and oxygen atoms in total. The quantitative estimate of drug-likeness (QED) is 0.922. The summed E-state index contributed by atoms with van der Waals surface area (Å²) in [6, 6.07) is 2.58. The molecule has 0 bridgehead atoms. The molecule has 0 amide bonds. The zero-order valence-corrected chi connectivity index (χ0v) is 10.8. The van der Waals surface area contributed by atoms with Crippen LogP contribution in [0.15, 0.2) is 17.1 Å². The van der Waals surface area contributed by atoms with E-state index in [-0.39, 0.29) is 5.15 Å². The lowest BCUT2D eigenvalue weighted by Gasteiger charge is -2.05. The van der Waals surface area contributed by atoms with Crippen molar-refractivity contribution in [2.75, 3.05) is 13.1 Å². The van der Waals surface area contributed by atoms with Gasteiger partial charge in [-0.25, -0.2) is 4.39 Å². The summed E-state index contributed by atoms with van der Waals surface area (Å²) in [6.07, 6.45) is 0. The fourth-order valence-corrected chi connectivity index (χ4v) is 2.54. The van der Waals surface area contributed by atoms with Crippen LogP contribution in [0.1, 0.15) is 0 Å². The van der Waals surface area contributed by atoms with Crippen LogP contribution in [-0.4, -0.2) is 28.7 Å². The highest BCUT2D eigenvalue weighted by Crippen LogP contribution is 2.30. The molecule has 1 N–H and O–H groups in total. The van der Waals surface area contributed by atoms with E-state index in [1.54, 1.807) is 4.68 Å². The summed E-state index contributed by atoms with van der Waals surface area (Å²) >= 11 is 12.0. The summed E-state index contributed by atoms with van der Waals surface area (Å²) in [5.41, 5.74) is 0.625. The molecule has 0 aliphatic carbocycles.